The predicted molar refractivity (Wildman–Crippen MR) is 49.4 cm³/mol. The molecule has 1 aromatic rings. The number of aliphatic carboxylic acids is 1. The molecule has 0 saturated heterocycles. The fraction of sp³-hybridized carbons (Fsp3) is 0.111. The fourth-order valence-electron chi connectivity index (χ4n) is 0.834. The second kappa shape index (κ2) is 4.92. The second-order valence-electron chi connectivity index (χ2n) is 2.42. The summed E-state index contributed by atoms with van der Waals surface area (Å²) in [6, 6.07) is 9.62. The van der Waals surface area contributed by atoms with Crippen LogP contribution < -0.4 is 5.43 Å². The monoisotopic (exact) mass is 178 g/mol. The number of hydrogen-bond acceptors (Lipinski definition) is 3. The summed E-state index contributed by atoms with van der Waals surface area (Å²) in [4.78, 5) is 10.0. The van der Waals surface area contributed by atoms with E-state index in [2.05, 4.69) is 10.5 Å². The first-order valence-electron chi connectivity index (χ1n) is 3.82. The first kappa shape index (κ1) is 9.25. The van der Waals surface area contributed by atoms with Gasteiger partial charge in [0.1, 0.15) is 6.21 Å². The van der Waals surface area contributed by atoms with Crippen LogP contribution in [-0.2, 0) is 11.3 Å². The van der Waals surface area contributed by atoms with Crippen LogP contribution in [0, 0.1) is 0 Å². The Hall–Kier alpha value is -1.84. The van der Waals surface area contributed by atoms with Gasteiger partial charge in [0.2, 0.25) is 0 Å². The van der Waals surface area contributed by atoms with Crippen LogP contribution in [0.15, 0.2) is 35.4 Å². The predicted octanol–water partition coefficient (Wildman–Crippen LogP) is 0.847. The number of carboxylic acids is 1. The molecule has 0 spiro atoms. The molecule has 0 aromatic heterocycles. The molecule has 1 rings (SSSR count). The molecule has 0 saturated carbocycles. The van der Waals surface area contributed by atoms with E-state index in [1.165, 1.54) is 0 Å². The highest BCUT2D eigenvalue weighted by Crippen LogP contribution is 1.96. The van der Waals surface area contributed by atoms with Crippen molar-refractivity contribution in [2.45, 2.75) is 6.54 Å². The molecular weight excluding hydrogens is 168 g/mol. The zero-order chi connectivity index (χ0) is 9.52. The first-order valence-corrected chi connectivity index (χ1v) is 3.82. The Kier molecular flexibility index (Phi) is 3.50. The van der Waals surface area contributed by atoms with Gasteiger partial charge < -0.3 is 10.5 Å². The largest absolute Gasteiger partial charge is 0.477 e. The third kappa shape index (κ3) is 3.91. The molecule has 0 fully saturated rings. The topological polar surface area (TPSA) is 61.7 Å². The van der Waals surface area contributed by atoms with Gasteiger partial charge in [0.15, 0.2) is 0 Å². The fourth-order valence-corrected chi connectivity index (χ4v) is 0.834. The maximum absolute atomic E-state index is 10.0. The van der Waals surface area contributed by atoms with Gasteiger partial charge in [-0.25, -0.2) is 4.79 Å². The molecule has 0 unspecified atom stereocenters. The SMILES string of the molecule is O=C(O)C=NNCc1ccccc1. The molecule has 0 atom stereocenters. The molecular formula is C9H10N2O2. The van der Waals surface area contributed by atoms with Gasteiger partial charge in [-0.05, 0) is 5.56 Å². The van der Waals surface area contributed by atoms with Gasteiger partial charge in [0.05, 0.1) is 6.54 Å². The minimum Gasteiger partial charge on any atom is -0.477 e. The number of carboxylic acid groups (broad SMARTS) is 1. The lowest BCUT2D eigenvalue weighted by Gasteiger charge is -1.98. The highest BCUT2D eigenvalue weighted by Gasteiger charge is 1.88. The molecule has 1 aromatic carbocycles. The first-order chi connectivity index (χ1) is 6.29. The van der Waals surface area contributed by atoms with Crippen LogP contribution in [0.3, 0.4) is 0 Å². The normalized spacial score (nSPS) is 10.2. The molecule has 0 aliphatic carbocycles. The average Bonchev–Trinajstić information content (AvgIpc) is 2.14. The van der Waals surface area contributed by atoms with Crippen molar-refractivity contribution in [1.82, 2.24) is 5.43 Å². The molecule has 13 heavy (non-hydrogen) atoms. The lowest BCUT2D eigenvalue weighted by atomic mass is 10.2. The number of rotatable bonds is 4. The highest BCUT2D eigenvalue weighted by atomic mass is 16.4. The Labute approximate surface area is 75.9 Å². The summed E-state index contributed by atoms with van der Waals surface area (Å²) in [5.74, 6) is -1.06. The van der Waals surface area contributed by atoms with Crippen LogP contribution in [0.4, 0.5) is 0 Å². The van der Waals surface area contributed by atoms with E-state index < -0.39 is 5.97 Å². The standard InChI is InChI=1S/C9H10N2O2/c12-9(13)7-11-10-6-8-4-2-1-3-5-8/h1-5,7,10H,6H2,(H,12,13). The van der Waals surface area contributed by atoms with E-state index in [0.717, 1.165) is 11.8 Å². The Morgan fingerprint density at radius 3 is 2.77 bits per heavy atom. The number of carbonyl (C=O) groups is 1. The van der Waals surface area contributed by atoms with Crippen LogP contribution in [-0.4, -0.2) is 17.3 Å². The van der Waals surface area contributed by atoms with Gasteiger partial charge in [-0.1, -0.05) is 30.3 Å². The van der Waals surface area contributed by atoms with E-state index >= 15 is 0 Å². The van der Waals surface area contributed by atoms with Crippen molar-refractivity contribution in [3.63, 3.8) is 0 Å². The van der Waals surface area contributed by atoms with Gasteiger partial charge >= 0.3 is 5.97 Å². The van der Waals surface area contributed by atoms with E-state index in [-0.39, 0.29) is 0 Å². The summed E-state index contributed by atoms with van der Waals surface area (Å²) in [6.07, 6.45) is 0.822. The minimum atomic E-state index is -1.06. The maximum atomic E-state index is 10.0. The zero-order valence-corrected chi connectivity index (χ0v) is 6.97. The number of hydrogen-bond donors (Lipinski definition) is 2. The van der Waals surface area contributed by atoms with Gasteiger partial charge in [-0.2, -0.15) is 5.10 Å². The average molecular weight is 178 g/mol. The number of benzene rings is 1. The summed E-state index contributed by atoms with van der Waals surface area (Å²) < 4.78 is 0. The van der Waals surface area contributed by atoms with Crippen LogP contribution in [0.25, 0.3) is 0 Å². The summed E-state index contributed by atoms with van der Waals surface area (Å²) in [7, 11) is 0. The number of nitrogens with zero attached hydrogens (tertiary/aromatic N) is 1. The summed E-state index contributed by atoms with van der Waals surface area (Å²) >= 11 is 0. The number of nitrogens with one attached hydrogen (secondary N) is 1. The molecule has 0 aliphatic heterocycles. The molecule has 0 radical (unpaired) electrons. The summed E-state index contributed by atoms with van der Waals surface area (Å²) in [6.45, 7) is 0.532. The molecule has 2 N–H and O–H groups in total. The van der Waals surface area contributed by atoms with Crippen molar-refractivity contribution < 1.29 is 9.90 Å². The van der Waals surface area contributed by atoms with Crippen LogP contribution in [0.5, 0.6) is 0 Å². The smallest absolute Gasteiger partial charge is 0.348 e. The molecule has 4 nitrogen and oxygen atoms in total. The van der Waals surface area contributed by atoms with Crippen molar-refractivity contribution in [2.24, 2.45) is 5.10 Å². The summed E-state index contributed by atoms with van der Waals surface area (Å²) in [5, 5.41) is 11.7. The van der Waals surface area contributed by atoms with Crippen molar-refractivity contribution in [3.8, 4) is 0 Å². The molecule has 68 valence electrons. The van der Waals surface area contributed by atoms with Gasteiger partial charge in [0, 0.05) is 0 Å². The zero-order valence-electron chi connectivity index (χ0n) is 6.97. The van der Waals surface area contributed by atoms with Gasteiger partial charge in [0.25, 0.3) is 0 Å². The van der Waals surface area contributed by atoms with E-state index in [4.69, 9.17) is 5.11 Å². The van der Waals surface area contributed by atoms with Crippen molar-refractivity contribution in [2.75, 3.05) is 0 Å². The van der Waals surface area contributed by atoms with Crippen molar-refractivity contribution in [1.29, 1.82) is 0 Å². The second-order valence-corrected chi connectivity index (χ2v) is 2.42. The van der Waals surface area contributed by atoms with E-state index in [0.29, 0.717) is 6.54 Å². The summed E-state index contributed by atoms with van der Waals surface area (Å²) in [5.41, 5.74) is 3.68. The van der Waals surface area contributed by atoms with Crippen LogP contribution in [0.2, 0.25) is 0 Å². The Morgan fingerprint density at radius 2 is 2.15 bits per heavy atom. The third-order valence-electron chi connectivity index (χ3n) is 1.39. The minimum absolute atomic E-state index is 0.532. The van der Waals surface area contributed by atoms with Gasteiger partial charge in [-0.15, -0.1) is 0 Å². The lowest BCUT2D eigenvalue weighted by Crippen LogP contribution is -2.07. The molecule has 0 aliphatic rings. The molecule has 0 heterocycles. The maximum Gasteiger partial charge on any atom is 0.348 e. The molecule has 0 bridgehead atoms. The van der Waals surface area contributed by atoms with E-state index in [1.54, 1.807) is 0 Å². The molecule has 4 heteroatoms. The van der Waals surface area contributed by atoms with Crippen LogP contribution in [0.1, 0.15) is 5.56 Å². The van der Waals surface area contributed by atoms with Crippen molar-refractivity contribution >= 4 is 12.2 Å². The third-order valence-corrected chi connectivity index (χ3v) is 1.39. The highest BCUT2D eigenvalue weighted by molar-refractivity contribution is 6.21. The Morgan fingerprint density at radius 1 is 1.46 bits per heavy atom. The molecule has 0 amide bonds. The quantitative estimate of drug-likeness (QED) is 0.530. The van der Waals surface area contributed by atoms with Crippen LogP contribution >= 0.6 is 0 Å². The number of hydrazone groups is 1. The van der Waals surface area contributed by atoms with Crippen molar-refractivity contribution in [3.05, 3.63) is 35.9 Å². The Balaban J connectivity index is 2.32. The van der Waals surface area contributed by atoms with Gasteiger partial charge in [-0.3, -0.25) is 0 Å². The van der Waals surface area contributed by atoms with E-state index in [9.17, 15) is 4.79 Å². The van der Waals surface area contributed by atoms with E-state index in [1.807, 2.05) is 30.3 Å². The lowest BCUT2D eigenvalue weighted by molar-refractivity contribution is -0.128. The Bertz CT molecular complexity index is 296.